The van der Waals surface area contributed by atoms with Crippen LogP contribution in [-0.2, 0) is 17.6 Å². The van der Waals surface area contributed by atoms with E-state index in [0.717, 1.165) is 24.2 Å². The van der Waals surface area contributed by atoms with Crippen molar-refractivity contribution < 1.29 is 19.4 Å². The van der Waals surface area contributed by atoms with Crippen molar-refractivity contribution in [2.75, 3.05) is 13.7 Å². The van der Waals surface area contributed by atoms with Gasteiger partial charge in [0.25, 0.3) is 0 Å². The number of rotatable bonds is 11. The molecule has 4 N–H and O–H groups in total. The number of benzene rings is 1. The van der Waals surface area contributed by atoms with E-state index in [0.29, 0.717) is 25.2 Å². The summed E-state index contributed by atoms with van der Waals surface area (Å²) in [5.74, 6) is 1.47. The van der Waals surface area contributed by atoms with Gasteiger partial charge in [0.2, 0.25) is 0 Å². The summed E-state index contributed by atoms with van der Waals surface area (Å²) in [5, 5.41) is 29.0. The summed E-state index contributed by atoms with van der Waals surface area (Å²) in [6.07, 6.45) is 2.90. The van der Waals surface area contributed by atoms with Crippen LogP contribution in [-0.4, -0.2) is 51.3 Å². The highest BCUT2D eigenvalue weighted by molar-refractivity contribution is 6.32. The molecule has 136 valence electrons. The number of ether oxygens (including phenoxy) is 1. The van der Waals surface area contributed by atoms with E-state index in [-0.39, 0.29) is 12.6 Å². The van der Waals surface area contributed by atoms with Crippen molar-refractivity contribution in [2.45, 2.75) is 38.3 Å². The summed E-state index contributed by atoms with van der Waals surface area (Å²) in [4.78, 5) is 0. The minimum atomic E-state index is -1.72. The van der Waals surface area contributed by atoms with Crippen LogP contribution in [0.25, 0.3) is 0 Å². The van der Waals surface area contributed by atoms with Crippen molar-refractivity contribution in [3.63, 3.8) is 0 Å². The smallest absolute Gasteiger partial charge is 0.497 e. The molecule has 10 heteroatoms. The Morgan fingerprint density at radius 2 is 2.16 bits per heavy atom. The van der Waals surface area contributed by atoms with Gasteiger partial charge in [0, 0.05) is 13.2 Å². The van der Waals surface area contributed by atoms with E-state index in [1.54, 1.807) is 11.8 Å². The molecule has 2 aromatic rings. The maximum absolute atomic E-state index is 8.60. The maximum atomic E-state index is 8.60. The van der Waals surface area contributed by atoms with Crippen molar-refractivity contribution in [2.24, 2.45) is 5.73 Å². The summed E-state index contributed by atoms with van der Waals surface area (Å²) in [6.45, 7) is 0.897. The third-order valence-electron chi connectivity index (χ3n) is 3.81. The average molecular weight is 349 g/mol. The first-order valence-corrected chi connectivity index (χ1v) is 8.22. The summed E-state index contributed by atoms with van der Waals surface area (Å²) in [5.41, 5.74) is 7.31. The van der Waals surface area contributed by atoms with Gasteiger partial charge in [-0.1, -0.05) is 12.1 Å². The fourth-order valence-corrected chi connectivity index (χ4v) is 2.48. The molecule has 1 atom stereocenters. The normalized spacial score (nSPS) is 12.2. The largest absolute Gasteiger partial charge is 0.633 e. The number of nitrogens with zero attached hydrogens (tertiary/aromatic N) is 4. The van der Waals surface area contributed by atoms with Crippen LogP contribution in [0.2, 0.25) is 0 Å². The summed E-state index contributed by atoms with van der Waals surface area (Å²) in [6, 6.07) is 7.59. The van der Waals surface area contributed by atoms with Gasteiger partial charge in [-0.05, 0) is 53.8 Å². The van der Waals surface area contributed by atoms with Crippen LogP contribution in [0.4, 0.5) is 0 Å². The number of hydrogen-bond acceptors (Lipinski definition) is 8. The lowest BCUT2D eigenvalue weighted by molar-refractivity contribution is 0.181. The van der Waals surface area contributed by atoms with E-state index in [2.05, 4.69) is 20.2 Å². The highest BCUT2D eigenvalue weighted by Gasteiger charge is 2.15. The Hall–Kier alpha value is -2.01. The minimum Gasteiger partial charge on any atom is -0.497 e. The van der Waals surface area contributed by atoms with E-state index in [1.165, 1.54) is 0 Å². The van der Waals surface area contributed by atoms with Gasteiger partial charge in [-0.2, -0.15) is 0 Å². The third-order valence-corrected chi connectivity index (χ3v) is 3.81. The molecule has 1 aromatic carbocycles. The fourth-order valence-electron chi connectivity index (χ4n) is 2.48. The molecule has 0 radical (unpaired) electrons. The summed E-state index contributed by atoms with van der Waals surface area (Å²) >= 11 is 0. The van der Waals surface area contributed by atoms with Crippen LogP contribution in [0.1, 0.15) is 36.7 Å². The van der Waals surface area contributed by atoms with Crippen LogP contribution in [0.15, 0.2) is 24.3 Å². The number of hydrogen-bond donors (Lipinski definition) is 3. The van der Waals surface area contributed by atoms with E-state index in [4.69, 9.17) is 20.5 Å². The molecule has 0 spiro atoms. The molecular weight excluding hydrogens is 325 g/mol. The lowest BCUT2D eigenvalue weighted by atomic mass is 10.1. The summed E-state index contributed by atoms with van der Waals surface area (Å²) in [7, 11) is -0.0817. The van der Waals surface area contributed by atoms with Crippen molar-refractivity contribution in [3.8, 4) is 5.75 Å². The molecule has 0 amide bonds. The second-order valence-electron chi connectivity index (χ2n) is 5.66. The first-order chi connectivity index (χ1) is 12.1. The second kappa shape index (κ2) is 10.1. The molecule has 0 aliphatic rings. The van der Waals surface area contributed by atoms with Gasteiger partial charge < -0.3 is 25.2 Å². The van der Waals surface area contributed by atoms with Gasteiger partial charge >= 0.3 is 7.32 Å². The highest BCUT2D eigenvalue weighted by atomic mass is 16.6. The predicted octanol–water partition coefficient (Wildman–Crippen LogP) is 0.0806. The van der Waals surface area contributed by atoms with Crippen LogP contribution in [0.3, 0.4) is 0 Å². The first kappa shape index (κ1) is 19.3. The van der Waals surface area contributed by atoms with Crippen LogP contribution in [0.5, 0.6) is 5.75 Å². The molecule has 0 saturated heterocycles. The van der Waals surface area contributed by atoms with Crippen LogP contribution in [0, 0.1) is 0 Å². The number of aromatic nitrogens is 4. The standard InChI is InChI=1S/C15H24BN5O4/c1-24-13-6-4-5-12(11-13)8-9-21-15(18-19-20-21)14(17)7-2-3-10-25-16(22)23/h4-6,11,14,22-23H,2-3,7-10,17H2,1H3. The molecule has 0 fully saturated rings. The predicted molar refractivity (Wildman–Crippen MR) is 91.4 cm³/mol. The molecule has 0 saturated carbocycles. The Labute approximate surface area is 146 Å². The van der Waals surface area contributed by atoms with E-state index in [9.17, 15) is 0 Å². The van der Waals surface area contributed by atoms with Crippen molar-refractivity contribution in [1.29, 1.82) is 0 Å². The van der Waals surface area contributed by atoms with Crippen molar-refractivity contribution in [3.05, 3.63) is 35.7 Å². The Morgan fingerprint density at radius 1 is 1.32 bits per heavy atom. The van der Waals surface area contributed by atoms with Crippen molar-refractivity contribution >= 4 is 7.32 Å². The number of unbranched alkanes of at least 4 members (excludes halogenated alkanes) is 1. The highest BCUT2D eigenvalue weighted by Crippen LogP contribution is 2.16. The van der Waals surface area contributed by atoms with Crippen LogP contribution < -0.4 is 10.5 Å². The Balaban J connectivity index is 1.82. The van der Waals surface area contributed by atoms with Gasteiger partial charge in [-0.3, -0.25) is 0 Å². The lowest BCUT2D eigenvalue weighted by Crippen LogP contribution is -2.19. The Bertz CT molecular complexity index is 640. The molecule has 0 aliphatic carbocycles. The molecule has 25 heavy (non-hydrogen) atoms. The van der Waals surface area contributed by atoms with E-state index in [1.807, 2.05) is 24.3 Å². The van der Waals surface area contributed by atoms with Crippen molar-refractivity contribution in [1.82, 2.24) is 20.2 Å². The second-order valence-corrected chi connectivity index (χ2v) is 5.66. The van der Waals surface area contributed by atoms with Gasteiger partial charge in [-0.25, -0.2) is 4.68 Å². The molecule has 0 bridgehead atoms. The molecule has 1 aromatic heterocycles. The van der Waals surface area contributed by atoms with Gasteiger partial charge in [-0.15, -0.1) is 5.10 Å². The Morgan fingerprint density at radius 3 is 2.92 bits per heavy atom. The average Bonchev–Trinajstić information content (AvgIpc) is 3.08. The zero-order valence-corrected chi connectivity index (χ0v) is 14.3. The third kappa shape index (κ3) is 6.43. The number of nitrogens with two attached hydrogens (primary N) is 1. The minimum absolute atomic E-state index is 0.269. The lowest BCUT2D eigenvalue weighted by Gasteiger charge is -2.12. The number of methoxy groups -OCH3 is 1. The number of tetrazole rings is 1. The fraction of sp³-hybridized carbons (Fsp3) is 0.533. The number of aryl methyl sites for hydroxylation is 2. The SMILES string of the molecule is COc1cccc(CCn2nnnc2C(N)CCCCOB(O)O)c1. The van der Waals surface area contributed by atoms with E-state index < -0.39 is 7.32 Å². The zero-order chi connectivity index (χ0) is 18.1. The maximum Gasteiger partial charge on any atom is 0.633 e. The van der Waals surface area contributed by atoms with Gasteiger partial charge in [0.1, 0.15) is 5.75 Å². The van der Waals surface area contributed by atoms with Gasteiger partial charge in [0.05, 0.1) is 13.2 Å². The van der Waals surface area contributed by atoms with E-state index >= 15 is 0 Å². The molecule has 9 nitrogen and oxygen atoms in total. The quantitative estimate of drug-likeness (QED) is 0.384. The molecule has 0 aliphatic heterocycles. The molecule has 2 rings (SSSR count). The topological polar surface area (TPSA) is 129 Å². The first-order valence-electron chi connectivity index (χ1n) is 8.22. The molecule has 1 unspecified atom stereocenters. The Kier molecular flexibility index (Phi) is 7.80. The molecular formula is C15H24BN5O4. The zero-order valence-electron chi connectivity index (χ0n) is 14.3. The monoisotopic (exact) mass is 349 g/mol. The molecule has 1 heterocycles. The summed E-state index contributed by atoms with van der Waals surface area (Å²) < 4.78 is 11.6. The van der Waals surface area contributed by atoms with Crippen LogP contribution >= 0.6 is 0 Å². The van der Waals surface area contributed by atoms with Gasteiger partial charge in [0.15, 0.2) is 5.82 Å².